The molecule has 2 bridgehead atoms. The van der Waals surface area contributed by atoms with Crippen molar-refractivity contribution in [2.75, 3.05) is 38.2 Å². The summed E-state index contributed by atoms with van der Waals surface area (Å²) in [5.41, 5.74) is 2.72. The molecule has 2 aromatic rings. The van der Waals surface area contributed by atoms with Gasteiger partial charge in [0.25, 0.3) is 5.91 Å². The molecule has 6 rings (SSSR count). The Kier molecular flexibility index (Phi) is 5.98. The van der Waals surface area contributed by atoms with Crippen LogP contribution in [0.25, 0.3) is 0 Å². The number of β-amino-alcohol motifs (C(OH)–C–C–N with tert-alkyl or cyclic N) is 1. The first kappa shape index (κ1) is 22.1. The molecule has 4 aliphatic heterocycles. The first-order chi connectivity index (χ1) is 16.0. The molecule has 172 valence electrons. The Hall–Kier alpha value is -2.69. The van der Waals surface area contributed by atoms with Crippen molar-refractivity contribution < 1.29 is 19.7 Å². The lowest BCUT2D eigenvalue weighted by Crippen LogP contribution is -2.58. The van der Waals surface area contributed by atoms with Crippen molar-refractivity contribution in [1.29, 1.82) is 0 Å². The summed E-state index contributed by atoms with van der Waals surface area (Å²) in [6.45, 7) is 2.89. The second-order valence-corrected chi connectivity index (χ2v) is 9.40. The molecule has 6 heteroatoms. The quantitative estimate of drug-likeness (QED) is 0.701. The number of benzene rings is 2. The Morgan fingerprint density at radius 3 is 2.55 bits per heavy atom. The van der Waals surface area contributed by atoms with E-state index in [1.807, 2.05) is 36.4 Å². The highest BCUT2D eigenvalue weighted by molar-refractivity contribution is 5.99. The van der Waals surface area contributed by atoms with Crippen LogP contribution in [0.3, 0.4) is 0 Å². The number of carbonyl (C=O) groups is 1. The highest BCUT2D eigenvalue weighted by atomic mass is 16.5. The largest absolute Gasteiger partial charge is 0.388 e. The minimum atomic E-state index is -0.972. The molecule has 2 aromatic carbocycles. The Labute approximate surface area is 194 Å². The second-order valence-electron chi connectivity index (χ2n) is 9.40. The van der Waals surface area contributed by atoms with E-state index in [4.69, 9.17) is 4.74 Å². The summed E-state index contributed by atoms with van der Waals surface area (Å²) in [6.07, 6.45) is 0.936. The summed E-state index contributed by atoms with van der Waals surface area (Å²) in [7, 11) is 1.44. The van der Waals surface area contributed by atoms with E-state index in [9.17, 15) is 15.0 Å². The normalized spacial score (nSPS) is 30.9. The molecule has 0 aromatic heterocycles. The molecule has 4 saturated heterocycles. The average molecular weight is 447 g/mol. The van der Waals surface area contributed by atoms with Gasteiger partial charge in [-0.3, -0.25) is 9.69 Å². The number of aliphatic hydroxyl groups is 2. The van der Waals surface area contributed by atoms with Crippen molar-refractivity contribution in [2.45, 2.75) is 37.1 Å². The first-order valence-corrected chi connectivity index (χ1v) is 11.6. The summed E-state index contributed by atoms with van der Waals surface area (Å²) in [6, 6.07) is 15.9. The molecule has 0 unspecified atom stereocenters. The van der Waals surface area contributed by atoms with Crippen LogP contribution in [0.15, 0.2) is 48.5 Å². The number of methoxy groups -OCH3 is 1. The van der Waals surface area contributed by atoms with E-state index in [2.05, 4.69) is 28.9 Å². The van der Waals surface area contributed by atoms with E-state index in [0.717, 1.165) is 48.3 Å². The number of fused-ring (bicyclic) bond motifs is 3. The molecule has 4 aliphatic rings. The SMILES string of the molecule is CO[C@H]1C(=O)N(c2ccc(C#C[C@@]3(O)CN4CCC3CC4)c(Cc3ccccc3)c2)C[C@H]1O. The molecular weight excluding hydrogens is 416 g/mol. The molecule has 4 fully saturated rings. The fourth-order valence-corrected chi connectivity index (χ4v) is 5.37. The number of hydrogen-bond donors (Lipinski definition) is 2. The minimum Gasteiger partial charge on any atom is -0.388 e. The predicted octanol–water partition coefficient (Wildman–Crippen LogP) is 1.81. The van der Waals surface area contributed by atoms with Gasteiger partial charge in [0.1, 0.15) is 11.7 Å². The van der Waals surface area contributed by atoms with Crippen LogP contribution in [-0.2, 0) is 16.0 Å². The van der Waals surface area contributed by atoms with E-state index >= 15 is 0 Å². The van der Waals surface area contributed by atoms with Crippen LogP contribution in [-0.4, -0.2) is 72.1 Å². The zero-order valence-electron chi connectivity index (χ0n) is 18.9. The van der Waals surface area contributed by atoms with Crippen LogP contribution in [0.1, 0.15) is 29.5 Å². The van der Waals surface area contributed by atoms with Crippen LogP contribution in [0.2, 0.25) is 0 Å². The van der Waals surface area contributed by atoms with Crippen LogP contribution >= 0.6 is 0 Å². The fraction of sp³-hybridized carbons (Fsp3) is 0.444. The lowest BCUT2D eigenvalue weighted by Gasteiger charge is -2.47. The maximum absolute atomic E-state index is 12.7. The van der Waals surface area contributed by atoms with E-state index in [0.29, 0.717) is 13.0 Å². The average Bonchev–Trinajstić information content (AvgIpc) is 3.12. The van der Waals surface area contributed by atoms with E-state index in [1.165, 1.54) is 7.11 Å². The van der Waals surface area contributed by atoms with Gasteiger partial charge in [-0.15, -0.1) is 0 Å². The van der Waals surface area contributed by atoms with Gasteiger partial charge in [0, 0.05) is 30.8 Å². The molecule has 6 nitrogen and oxygen atoms in total. The Balaban J connectivity index is 1.48. The third-order valence-electron chi connectivity index (χ3n) is 7.26. The van der Waals surface area contributed by atoms with Gasteiger partial charge in [-0.25, -0.2) is 0 Å². The van der Waals surface area contributed by atoms with Gasteiger partial charge in [0.2, 0.25) is 0 Å². The van der Waals surface area contributed by atoms with Crippen LogP contribution in [0, 0.1) is 17.8 Å². The van der Waals surface area contributed by atoms with Crippen LogP contribution in [0.5, 0.6) is 0 Å². The fourth-order valence-electron chi connectivity index (χ4n) is 5.37. The van der Waals surface area contributed by atoms with Crippen molar-refractivity contribution in [1.82, 2.24) is 4.90 Å². The Morgan fingerprint density at radius 2 is 1.91 bits per heavy atom. The van der Waals surface area contributed by atoms with E-state index < -0.39 is 17.8 Å². The number of anilines is 1. The van der Waals surface area contributed by atoms with Gasteiger partial charge in [-0.1, -0.05) is 42.2 Å². The monoisotopic (exact) mass is 446 g/mol. The summed E-state index contributed by atoms with van der Waals surface area (Å²) in [5.74, 6) is 6.48. The molecule has 3 atom stereocenters. The number of carbonyl (C=O) groups excluding carboxylic acids is 1. The number of rotatable bonds is 4. The summed E-state index contributed by atoms with van der Waals surface area (Å²) in [5, 5.41) is 21.5. The van der Waals surface area contributed by atoms with Crippen LogP contribution < -0.4 is 4.90 Å². The zero-order valence-corrected chi connectivity index (χ0v) is 18.9. The second kappa shape index (κ2) is 8.92. The number of hydrogen-bond acceptors (Lipinski definition) is 5. The van der Waals surface area contributed by atoms with E-state index in [-0.39, 0.29) is 18.4 Å². The van der Waals surface area contributed by atoms with Crippen molar-refractivity contribution >= 4 is 11.6 Å². The van der Waals surface area contributed by atoms with Crippen LogP contribution in [0.4, 0.5) is 5.69 Å². The number of piperidine rings is 3. The summed E-state index contributed by atoms with van der Waals surface area (Å²) >= 11 is 0. The number of aliphatic hydroxyl groups excluding tert-OH is 1. The lowest BCUT2D eigenvalue weighted by molar-refractivity contribution is -0.128. The lowest BCUT2D eigenvalue weighted by atomic mass is 9.75. The van der Waals surface area contributed by atoms with Gasteiger partial charge < -0.3 is 19.8 Å². The third kappa shape index (κ3) is 4.30. The van der Waals surface area contributed by atoms with Crippen molar-refractivity contribution in [3.05, 3.63) is 65.2 Å². The molecule has 0 aliphatic carbocycles. The number of nitrogens with zero attached hydrogens (tertiary/aromatic N) is 2. The zero-order chi connectivity index (χ0) is 23.0. The van der Waals surface area contributed by atoms with Crippen molar-refractivity contribution in [3.8, 4) is 11.8 Å². The predicted molar refractivity (Wildman–Crippen MR) is 126 cm³/mol. The van der Waals surface area contributed by atoms with Gasteiger partial charge >= 0.3 is 0 Å². The first-order valence-electron chi connectivity index (χ1n) is 11.6. The highest BCUT2D eigenvalue weighted by Gasteiger charge is 2.44. The maximum Gasteiger partial charge on any atom is 0.258 e. The highest BCUT2D eigenvalue weighted by Crippen LogP contribution is 2.35. The Morgan fingerprint density at radius 1 is 1.15 bits per heavy atom. The molecule has 2 N–H and O–H groups in total. The number of ether oxygens (including phenoxy) is 1. The van der Waals surface area contributed by atoms with E-state index in [1.54, 1.807) is 4.90 Å². The standard InChI is InChI=1S/C27H30N2O4/c1-33-25-24(30)17-29(26(25)31)23-8-7-20(21(16-23)15-19-5-3-2-4-6-19)9-12-27(32)18-28-13-10-22(27)11-14-28/h2-8,16,22,24-25,30,32H,10-11,13-15,17-18H2,1H3/t24-,25-,27-/m1/s1. The smallest absolute Gasteiger partial charge is 0.258 e. The molecule has 0 radical (unpaired) electrons. The van der Waals surface area contributed by atoms with Crippen molar-refractivity contribution in [3.63, 3.8) is 0 Å². The topological polar surface area (TPSA) is 73.2 Å². The molecule has 0 spiro atoms. The molecule has 1 amide bonds. The van der Waals surface area contributed by atoms with Gasteiger partial charge in [-0.2, -0.15) is 0 Å². The third-order valence-corrected chi connectivity index (χ3v) is 7.26. The number of amides is 1. The van der Waals surface area contributed by atoms with Crippen molar-refractivity contribution in [2.24, 2.45) is 5.92 Å². The van der Waals surface area contributed by atoms with Gasteiger partial charge in [0.05, 0.1) is 6.54 Å². The maximum atomic E-state index is 12.7. The summed E-state index contributed by atoms with van der Waals surface area (Å²) < 4.78 is 5.18. The summed E-state index contributed by atoms with van der Waals surface area (Å²) in [4.78, 5) is 16.6. The molecule has 4 heterocycles. The van der Waals surface area contributed by atoms with Gasteiger partial charge in [-0.05, 0) is 61.7 Å². The molecule has 33 heavy (non-hydrogen) atoms. The minimum absolute atomic E-state index is 0.199. The Bertz CT molecular complexity index is 1080. The molecule has 0 saturated carbocycles. The van der Waals surface area contributed by atoms with Gasteiger partial charge in [0.15, 0.2) is 6.10 Å². The molecular formula is C27H30N2O4.